The highest BCUT2D eigenvalue weighted by Crippen LogP contribution is 2.39. The van der Waals surface area contributed by atoms with E-state index in [0.717, 1.165) is 19.6 Å². The Labute approximate surface area is 145 Å². The van der Waals surface area contributed by atoms with E-state index in [1.165, 1.54) is 4.90 Å². The molecule has 2 heterocycles. The van der Waals surface area contributed by atoms with E-state index < -0.39 is 17.7 Å². The van der Waals surface area contributed by atoms with Crippen molar-refractivity contribution in [1.29, 1.82) is 0 Å². The number of likely N-dealkylation sites (tertiary alicyclic amines) is 1. The van der Waals surface area contributed by atoms with Crippen molar-refractivity contribution in [3.8, 4) is 0 Å². The molecule has 0 saturated carbocycles. The van der Waals surface area contributed by atoms with E-state index in [-0.39, 0.29) is 12.5 Å². The molecule has 2 aliphatic heterocycles. The number of carboxylic acid groups (broad SMARTS) is 1. The number of hydrogen-bond donors (Lipinski definition) is 1. The molecule has 6 nitrogen and oxygen atoms in total. The highest BCUT2D eigenvalue weighted by Gasteiger charge is 2.54. The summed E-state index contributed by atoms with van der Waals surface area (Å²) in [6.45, 7) is 4.57. The number of carbonyl (C=O) groups excluding carboxylic acids is 1. The van der Waals surface area contributed by atoms with Crippen LogP contribution in [0.2, 0.25) is 5.02 Å². The lowest BCUT2D eigenvalue weighted by atomic mass is 9.96. The maximum Gasteiger partial charge on any atom is 0.328 e. The third-order valence-corrected chi connectivity index (χ3v) is 5.28. The summed E-state index contributed by atoms with van der Waals surface area (Å²) in [5.41, 5.74) is -0.543. The Hall–Kier alpha value is -1.63. The normalized spacial score (nSPS) is 23.6. The zero-order valence-corrected chi connectivity index (χ0v) is 14.3. The van der Waals surface area contributed by atoms with Crippen LogP contribution in [0.1, 0.15) is 30.1 Å². The fourth-order valence-corrected chi connectivity index (χ4v) is 3.76. The van der Waals surface area contributed by atoms with E-state index in [1.54, 1.807) is 24.3 Å². The van der Waals surface area contributed by atoms with Gasteiger partial charge in [-0.25, -0.2) is 4.79 Å². The molecule has 1 aromatic rings. The Bertz CT molecular complexity index is 643. The van der Waals surface area contributed by atoms with Gasteiger partial charge in [0, 0.05) is 25.9 Å². The highest BCUT2D eigenvalue weighted by atomic mass is 35.5. The maximum absolute atomic E-state index is 13.1. The molecule has 2 saturated heterocycles. The number of rotatable bonds is 3. The van der Waals surface area contributed by atoms with Gasteiger partial charge < -0.3 is 14.7 Å². The fourth-order valence-electron chi connectivity index (χ4n) is 3.54. The van der Waals surface area contributed by atoms with Crippen LogP contribution in [0.4, 0.5) is 0 Å². The average molecular weight is 353 g/mol. The largest absolute Gasteiger partial charge is 0.480 e. The van der Waals surface area contributed by atoms with Crippen molar-refractivity contribution in [1.82, 2.24) is 9.80 Å². The lowest BCUT2D eigenvalue weighted by molar-refractivity contribution is -0.143. The summed E-state index contributed by atoms with van der Waals surface area (Å²) in [4.78, 5) is 28.4. The molecule has 0 aliphatic carbocycles. The van der Waals surface area contributed by atoms with Gasteiger partial charge in [-0.05, 0) is 18.7 Å². The Kier molecular flexibility index (Phi) is 4.80. The molecule has 1 amide bonds. The van der Waals surface area contributed by atoms with Crippen molar-refractivity contribution in [2.24, 2.45) is 0 Å². The molecule has 1 N–H and O–H groups in total. The van der Waals surface area contributed by atoms with Gasteiger partial charge >= 0.3 is 5.97 Å². The molecule has 2 aliphatic rings. The van der Waals surface area contributed by atoms with Crippen molar-refractivity contribution in [2.75, 3.05) is 26.2 Å². The summed E-state index contributed by atoms with van der Waals surface area (Å²) in [6, 6.07) is 5.73. The summed E-state index contributed by atoms with van der Waals surface area (Å²) in [7, 11) is 0. The Morgan fingerprint density at radius 2 is 2.00 bits per heavy atom. The standard InChI is InChI=1S/C17H21ClN2O4/c1-2-19-9-7-17(8-10-19)20(14(11-24-17)16(22)23)15(21)12-5-3-4-6-13(12)18/h3-6,14H,2,7-11H2,1H3,(H,22,23)/t14-/m1/s1. The molecular formula is C17H21ClN2O4. The number of benzene rings is 1. The smallest absolute Gasteiger partial charge is 0.328 e. The number of piperidine rings is 1. The monoisotopic (exact) mass is 352 g/mol. The van der Waals surface area contributed by atoms with E-state index in [4.69, 9.17) is 16.3 Å². The lowest BCUT2D eigenvalue weighted by Crippen LogP contribution is -2.58. The number of hydrogen-bond acceptors (Lipinski definition) is 4. The fraction of sp³-hybridized carbons (Fsp3) is 0.529. The summed E-state index contributed by atoms with van der Waals surface area (Å²) < 4.78 is 5.90. The van der Waals surface area contributed by atoms with E-state index in [1.807, 2.05) is 0 Å². The first-order valence-electron chi connectivity index (χ1n) is 8.16. The van der Waals surface area contributed by atoms with Crippen LogP contribution in [0.5, 0.6) is 0 Å². The van der Waals surface area contributed by atoms with E-state index in [0.29, 0.717) is 23.4 Å². The van der Waals surface area contributed by atoms with Crippen molar-refractivity contribution in [2.45, 2.75) is 31.5 Å². The first kappa shape index (κ1) is 17.2. The molecule has 0 bridgehead atoms. The second kappa shape index (κ2) is 6.70. The Balaban J connectivity index is 1.94. The molecule has 130 valence electrons. The molecule has 3 rings (SSSR count). The van der Waals surface area contributed by atoms with E-state index in [9.17, 15) is 14.7 Å². The van der Waals surface area contributed by atoms with Gasteiger partial charge in [-0.3, -0.25) is 9.69 Å². The molecule has 7 heteroatoms. The number of carboxylic acids is 1. The van der Waals surface area contributed by atoms with Crippen LogP contribution < -0.4 is 0 Å². The quantitative estimate of drug-likeness (QED) is 0.901. The molecule has 0 radical (unpaired) electrons. The lowest BCUT2D eigenvalue weighted by Gasteiger charge is -2.44. The third-order valence-electron chi connectivity index (χ3n) is 4.95. The van der Waals surface area contributed by atoms with Gasteiger partial charge in [-0.15, -0.1) is 0 Å². The topological polar surface area (TPSA) is 70.1 Å². The average Bonchev–Trinajstić information content (AvgIpc) is 2.94. The second-order valence-electron chi connectivity index (χ2n) is 6.20. The summed E-state index contributed by atoms with van der Waals surface area (Å²) in [5.74, 6) is -1.43. The molecule has 0 unspecified atom stereocenters. The van der Waals surface area contributed by atoms with Gasteiger partial charge in [-0.1, -0.05) is 30.7 Å². The van der Waals surface area contributed by atoms with Gasteiger partial charge in [0.15, 0.2) is 6.04 Å². The van der Waals surface area contributed by atoms with Crippen LogP contribution in [0.3, 0.4) is 0 Å². The SMILES string of the molecule is CCN1CCC2(CC1)OC[C@H](C(=O)O)N2C(=O)c1ccccc1Cl. The van der Waals surface area contributed by atoms with Crippen LogP contribution in [-0.2, 0) is 9.53 Å². The number of nitrogens with zero attached hydrogens (tertiary/aromatic N) is 2. The third kappa shape index (κ3) is 2.90. The van der Waals surface area contributed by atoms with Crippen LogP contribution in [0.15, 0.2) is 24.3 Å². The molecule has 2 fully saturated rings. The molecular weight excluding hydrogens is 332 g/mol. The molecule has 0 aromatic heterocycles. The summed E-state index contributed by atoms with van der Waals surface area (Å²) >= 11 is 6.15. The summed E-state index contributed by atoms with van der Waals surface area (Å²) in [5, 5.41) is 9.86. The summed E-state index contributed by atoms with van der Waals surface area (Å²) in [6.07, 6.45) is 1.20. The zero-order valence-electron chi connectivity index (χ0n) is 13.6. The van der Waals surface area contributed by atoms with Crippen LogP contribution in [-0.4, -0.2) is 64.8 Å². The molecule has 1 spiro atoms. The molecule has 1 aromatic carbocycles. The molecule has 24 heavy (non-hydrogen) atoms. The van der Waals surface area contributed by atoms with Gasteiger partial charge in [0.05, 0.1) is 17.2 Å². The van der Waals surface area contributed by atoms with Crippen molar-refractivity contribution in [3.05, 3.63) is 34.9 Å². The van der Waals surface area contributed by atoms with Crippen molar-refractivity contribution < 1.29 is 19.4 Å². The first-order chi connectivity index (χ1) is 11.5. The molecule has 1 atom stereocenters. The van der Waals surface area contributed by atoms with Crippen LogP contribution >= 0.6 is 11.6 Å². The predicted molar refractivity (Wildman–Crippen MR) is 89.1 cm³/mol. The van der Waals surface area contributed by atoms with Gasteiger partial charge in [-0.2, -0.15) is 0 Å². The Morgan fingerprint density at radius 3 is 2.58 bits per heavy atom. The minimum absolute atomic E-state index is 0.0116. The van der Waals surface area contributed by atoms with Gasteiger partial charge in [0.2, 0.25) is 0 Å². The van der Waals surface area contributed by atoms with Crippen molar-refractivity contribution in [3.63, 3.8) is 0 Å². The number of halogens is 1. The van der Waals surface area contributed by atoms with Gasteiger partial charge in [0.1, 0.15) is 5.72 Å². The number of amides is 1. The van der Waals surface area contributed by atoms with Crippen LogP contribution in [0, 0.1) is 0 Å². The maximum atomic E-state index is 13.1. The number of ether oxygens (including phenoxy) is 1. The van der Waals surface area contributed by atoms with Crippen LogP contribution in [0.25, 0.3) is 0 Å². The van der Waals surface area contributed by atoms with Crippen molar-refractivity contribution >= 4 is 23.5 Å². The minimum atomic E-state index is -1.05. The van der Waals surface area contributed by atoms with Gasteiger partial charge in [0.25, 0.3) is 5.91 Å². The Morgan fingerprint density at radius 1 is 1.33 bits per heavy atom. The first-order valence-corrected chi connectivity index (χ1v) is 8.53. The predicted octanol–water partition coefficient (Wildman–Crippen LogP) is 2.08. The van der Waals surface area contributed by atoms with E-state index >= 15 is 0 Å². The van der Waals surface area contributed by atoms with E-state index in [2.05, 4.69) is 11.8 Å². The minimum Gasteiger partial charge on any atom is -0.480 e. The second-order valence-corrected chi connectivity index (χ2v) is 6.61. The number of aliphatic carboxylic acids is 1. The highest BCUT2D eigenvalue weighted by molar-refractivity contribution is 6.33. The number of carbonyl (C=O) groups is 2. The zero-order chi connectivity index (χ0) is 17.3.